The molecule has 0 saturated heterocycles. The minimum absolute atomic E-state index is 0.0905. The Kier molecular flexibility index (Phi) is 15.3. The highest BCUT2D eigenvalue weighted by atomic mass is 16.6. The number of benzene rings is 6. The molecule has 0 spiro atoms. The third-order valence-corrected chi connectivity index (χ3v) is 8.69. The van der Waals surface area contributed by atoms with Gasteiger partial charge in [0.25, 0.3) is 0 Å². The zero-order valence-electron chi connectivity index (χ0n) is 31.0. The molecular formula is C47H44N2O7. The third-order valence-electron chi connectivity index (χ3n) is 8.69. The predicted octanol–water partition coefficient (Wildman–Crippen LogP) is 9.80. The van der Waals surface area contributed by atoms with Crippen molar-refractivity contribution in [2.75, 3.05) is 13.2 Å². The van der Waals surface area contributed by atoms with Crippen molar-refractivity contribution >= 4 is 23.1 Å². The number of carbonyl (C=O) groups excluding carboxylic acids is 2. The first-order valence-corrected chi connectivity index (χ1v) is 18.5. The number of ketones is 1. The fraction of sp³-hybridized carbons (Fsp3) is 0.191. The number of esters is 1. The van der Waals surface area contributed by atoms with Crippen LogP contribution in [0.4, 0.5) is 11.4 Å². The number of hydrogen-bond donors (Lipinski definition) is 0. The summed E-state index contributed by atoms with van der Waals surface area (Å²) in [4.78, 5) is 28.2. The third kappa shape index (κ3) is 12.8. The molecular weight excluding hydrogens is 705 g/mol. The van der Waals surface area contributed by atoms with Gasteiger partial charge in [-0.25, -0.2) is 4.79 Å². The lowest BCUT2D eigenvalue weighted by atomic mass is 10.0. The van der Waals surface area contributed by atoms with Gasteiger partial charge in [0.1, 0.15) is 18.8 Å². The van der Waals surface area contributed by atoms with Crippen molar-refractivity contribution in [1.82, 2.24) is 0 Å². The zero-order valence-corrected chi connectivity index (χ0v) is 31.0. The molecule has 0 amide bonds. The first kappa shape index (κ1) is 39.6. The van der Waals surface area contributed by atoms with E-state index >= 15 is 0 Å². The molecule has 6 rings (SSSR count). The van der Waals surface area contributed by atoms with Gasteiger partial charge in [-0.15, -0.1) is 0 Å². The van der Waals surface area contributed by atoms with Gasteiger partial charge in [0.2, 0.25) is 0 Å². The molecule has 0 aliphatic carbocycles. The molecule has 3 atom stereocenters. The minimum Gasteiger partial charge on any atom is -0.453 e. The van der Waals surface area contributed by atoms with E-state index in [1.165, 1.54) is 0 Å². The van der Waals surface area contributed by atoms with E-state index in [-0.39, 0.29) is 51.0 Å². The summed E-state index contributed by atoms with van der Waals surface area (Å²) in [6.07, 6.45) is -3.37. The Morgan fingerprint density at radius 1 is 0.464 bits per heavy atom. The Bertz CT molecular complexity index is 2070. The molecule has 0 radical (unpaired) electrons. The molecule has 0 aliphatic rings. The average molecular weight is 749 g/mol. The van der Waals surface area contributed by atoms with Gasteiger partial charge in [0.05, 0.1) is 50.0 Å². The Balaban J connectivity index is 1.28. The summed E-state index contributed by atoms with van der Waals surface area (Å²) in [6, 6.07) is 54.4. The van der Waals surface area contributed by atoms with E-state index in [2.05, 4.69) is 10.2 Å². The standard InChI is InChI=1S/C47H44N2O7/c50-43(34-52-30-36-16-6-1-7-17-36)45(54-32-38-20-10-3-11-21-38)46(55-33-39-22-12-4-13-23-39)44(35-53-31-37-18-8-2-9-19-37)56-47(51)40-26-28-42(29-27-40)49-48-41-24-14-5-15-25-41/h1-29,44-46H,30-35H2. The Labute approximate surface area is 327 Å². The summed E-state index contributed by atoms with van der Waals surface area (Å²) in [5.41, 5.74) is 5.12. The van der Waals surface area contributed by atoms with Crippen molar-refractivity contribution in [3.63, 3.8) is 0 Å². The largest absolute Gasteiger partial charge is 0.453 e. The number of carbonyl (C=O) groups is 2. The summed E-state index contributed by atoms with van der Waals surface area (Å²) in [5, 5.41) is 8.55. The van der Waals surface area contributed by atoms with Crippen molar-refractivity contribution in [3.8, 4) is 0 Å². The SMILES string of the molecule is O=C(OC(COCc1ccccc1)C(OCc1ccccc1)C(OCc1ccccc1)C(=O)COCc1ccccc1)c1ccc(N=Nc2ccccc2)cc1. The highest BCUT2D eigenvalue weighted by molar-refractivity contribution is 5.90. The van der Waals surface area contributed by atoms with E-state index in [9.17, 15) is 9.59 Å². The summed E-state index contributed by atoms with van der Waals surface area (Å²) in [7, 11) is 0. The van der Waals surface area contributed by atoms with Crippen LogP contribution in [0.2, 0.25) is 0 Å². The van der Waals surface area contributed by atoms with Gasteiger partial charge in [0, 0.05) is 0 Å². The normalized spacial score (nSPS) is 12.9. The van der Waals surface area contributed by atoms with Crippen LogP contribution in [-0.4, -0.2) is 43.3 Å². The number of azo groups is 1. The molecule has 284 valence electrons. The number of nitrogens with zero attached hydrogens (tertiary/aromatic N) is 2. The van der Waals surface area contributed by atoms with Gasteiger partial charge in [-0.3, -0.25) is 4.79 Å². The summed E-state index contributed by atoms with van der Waals surface area (Å²) in [6.45, 7) is 0.337. The molecule has 0 N–H and O–H groups in total. The van der Waals surface area contributed by atoms with Crippen molar-refractivity contribution in [1.29, 1.82) is 0 Å². The minimum atomic E-state index is -1.20. The molecule has 6 aromatic carbocycles. The fourth-order valence-electron chi connectivity index (χ4n) is 5.76. The van der Waals surface area contributed by atoms with Gasteiger partial charge in [-0.05, 0) is 58.7 Å². The van der Waals surface area contributed by atoms with Crippen molar-refractivity contribution in [2.24, 2.45) is 10.2 Å². The van der Waals surface area contributed by atoms with Gasteiger partial charge in [-0.2, -0.15) is 10.2 Å². The van der Waals surface area contributed by atoms with Gasteiger partial charge < -0.3 is 23.7 Å². The van der Waals surface area contributed by atoms with Crippen LogP contribution in [0.25, 0.3) is 0 Å². The lowest BCUT2D eigenvalue weighted by Gasteiger charge is -2.32. The van der Waals surface area contributed by atoms with Crippen LogP contribution in [0.1, 0.15) is 32.6 Å². The van der Waals surface area contributed by atoms with Gasteiger partial charge in [-0.1, -0.05) is 140 Å². The summed E-state index contributed by atoms with van der Waals surface area (Å²) < 4.78 is 31.3. The van der Waals surface area contributed by atoms with Crippen LogP contribution in [0.15, 0.2) is 186 Å². The lowest BCUT2D eigenvalue weighted by Crippen LogP contribution is -2.50. The van der Waals surface area contributed by atoms with Crippen molar-refractivity contribution < 1.29 is 33.3 Å². The molecule has 56 heavy (non-hydrogen) atoms. The van der Waals surface area contributed by atoms with E-state index in [1.807, 2.05) is 152 Å². The maximum atomic E-state index is 14.2. The summed E-state index contributed by atoms with van der Waals surface area (Å²) in [5.74, 6) is -1.00. The summed E-state index contributed by atoms with van der Waals surface area (Å²) >= 11 is 0. The monoisotopic (exact) mass is 748 g/mol. The second-order valence-corrected chi connectivity index (χ2v) is 13.0. The van der Waals surface area contributed by atoms with E-state index in [4.69, 9.17) is 23.7 Å². The Morgan fingerprint density at radius 3 is 1.41 bits per heavy atom. The van der Waals surface area contributed by atoms with Gasteiger partial charge >= 0.3 is 5.97 Å². The first-order chi connectivity index (χ1) is 27.6. The molecule has 0 fully saturated rings. The van der Waals surface area contributed by atoms with Crippen molar-refractivity contribution in [2.45, 2.75) is 44.7 Å². The topological polar surface area (TPSA) is 105 Å². The van der Waals surface area contributed by atoms with Gasteiger partial charge in [0.15, 0.2) is 11.9 Å². The second-order valence-electron chi connectivity index (χ2n) is 13.0. The van der Waals surface area contributed by atoms with E-state index in [1.54, 1.807) is 24.3 Å². The van der Waals surface area contributed by atoms with Crippen LogP contribution >= 0.6 is 0 Å². The molecule has 0 aromatic heterocycles. The molecule has 3 unspecified atom stereocenters. The maximum absolute atomic E-state index is 14.2. The zero-order chi connectivity index (χ0) is 38.6. The van der Waals surface area contributed by atoms with Crippen LogP contribution < -0.4 is 0 Å². The van der Waals surface area contributed by atoms with Crippen LogP contribution in [0.5, 0.6) is 0 Å². The van der Waals surface area contributed by atoms with E-state index in [0.29, 0.717) is 11.4 Å². The molecule has 0 aliphatic heterocycles. The Morgan fingerprint density at radius 2 is 0.893 bits per heavy atom. The highest BCUT2D eigenvalue weighted by Crippen LogP contribution is 2.23. The predicted molar refractivity (Wildman–Crippen MR) is 214 cm³/mol. The number of hydrogen-bond acceptors (Lipinski definition) is 9. The quantitative estimate of drug-likeness (QED) is 0.0533. The van der Waals surface area contributed by atoms with E-state index in [0.717, 1.165) is 22.3 Å². The van der Waals surface area contributed by atoms with E-state index < -0.39 is 24.3 Å². The van der Waals surface area contributed by atoms with Crippen LogP contribution in [-0.2, 0) is 54.9 Å². The molecule has 0 saturated carbocycles. The molecule has 9 heteroatoms. The number of ether oxygens (including phenoxy) is 5. The lowest BCUT2D eigenvalue weighted by molar-refractivity contribution is -0.169. The van der Waals surface area contributed by atoms with Crippen LogP contribution in [0.3, 0.4) is 0 Å². The molecule has 0 bridgehead atoms. The van der Waals surface area contributed by atoms with Crippen LogP contribution in [0, 0.1) is 0 Å². The maximum Gasteiger partial charge on any atom is 0.338 e. The first-order valence-electron chi connectivity index (χ1n) is 18.5. The fourth-order valence-corrected chi connectivity index (χ4v) is 5.76. The number of rotatable bonds is 21. The second kappa shape index (κ2) is 21.7. The molecule has 0 heterocycles. The Hall–Kier alpha value is -6.10. The number of Topliss-reactive ketones (excluding diaryl/α,β-unsaturated/α-hetero) is 1. The average Bonchev–Trinajstić information content (AvgIpc) is 3.25. The smallest absolute Gasteiger partial charge is 0.338 e. The molecule has 9 nitrogen and oxygen atoms in total. The highest BCUT2D eigenvalue weighted by Gasteiger charge is 2.39. The van der Waals surface area contributed by atoms with Crippen molar-refractivity contribution in [3.05, 3.63) is 204 Å². The molecule has 6 aromatic rings.